The zero-order chi connectivity index (χ0) is 28.4. The number of anilines is 1. The number of carbonyl (C=O) groups is 2. The molecule has 3 aromatic carbocycles. The molecule has 40 heavy (non-hydrogen) atoms. The lowest BCUT2D eigenvalue weighted by Crippen LogP contribution is -2.29. The average molecular weight is 556 g/mol. The number of benzene rings is 3. The van der Waals surface area contributed by atoms with Gasteiger partial charge >= 0.3 is 0 Å². The van der Waals surface area contributed by atoms with Crippen LogP contribution in [0.15, 0.2) is 83.7 Å². The lowest BCUT2D eigenvalue weighted by molar-refractivity contribution is -0.132. The van der Waals surface area contributed by atoms with Crippen molar-refractivity contribution in [3.05, 3.63) is 111 Å². The Morgan fingerprint density at radius 3 is 2.20 bits per heavy atom. The number of rotatable bonds is 8. The Balaban J connectivity index is 1.58. The van der Waals surface area contributed by atoms with Gasteiger partial charge in [-0.15, -0.1) is 11.3 Å². The molecule has 0 aliphatic carbocycles. The number of nitrogens with zero attached hydrogens (tertiary/aromatic N) is 1. The molecule has 4 aromatic rings. The summed E-state index contributed by atoms with van der Waals surface area (Å²) in [4.78, 5) is 29.3. The van der Waals surface area contributed by atoms with Gasteiger partial charge in [0, 0.05) is 28.6 Å². The van der Waals surface area contributed by atoms with E-state index in [1.54, 1.807) is 36.4 Å². The maximum atomic E-state index is 13.5. The monoisotopic (exact) mass is 555 g/mol. The standard InChI is InChI=1S/C32H29NO6S/c1-19-12-13-40-31(19)28-27(30(35)32(36)33(28)23-15-24(37-3)17-25(16-23)38-4)29(34)22-10-11-26(20(2)14-22)39-18-21-8-6-5-7-9-21/h5-17,28,34H,18H2,1-4H3/b29-27-. The van der Waals surface area contributed by atoms with Crippen LogP contribution in [0.3, 0.4) is 0 Å². The first-order valence-corrected chi connectivity index (χ1v) is 13.6. The second kappa shape index (κ2) is 11.3. The molecule has 0 spiro atoms. The van der Waals surface area contributed by atoms with Gasteiger partial charge < -0.3 is 19.3 Å². The molecule has 1 aliphatic heterocycles. The highest BCUT2D eigenvalue weighted by atomic mass is 32.1. The summed E-state index contributed by atoms with van der Waals surface area (Å²) in [5.74, 6) is -0.145. The van der Waals surface area contributed by atoms with Crippen LogP contribution in [-0.2, 0) is 16.2 Å². The zero-order valence-electron chi connectivity index (χ0n) is 22.6. The fourth-order valence-corrected chi connectivity index (χ4v) is 5.82. The molecule has 1 aliphatic rings. The molecule has 0 saturated carbocycles. The Hall–Kier alpha value is -4.56. The topological polar surface area (TPSA) is 85.3 Å². The van der Waals surface area contributed by atoms with E-state index in [0.717, 1.165) is 21.6 Å². The summed E-state index contributed by atoms with van der Waals surface area (Å²) in [5, 5.41) is 13.5. The number of ketones is 1. The summed E-state index contributed by atoms with van der Waals surface area (Å²) >= 11 is 1.42. The van der Waals surface area contributed by atoms with E-state index in [1.807, 2.05) is 55.6 Å². The van der Waals surface area contributed by atoms with E-state index in [0.29, 0.717) is 35.1 Å². The van der Waals surface area contributed by atoms with Crippen LogP contribution in [-0.4, -0.2) is 31.0 Å². The lowest BCUT2D eigenvalue weighted by Gasteiger charge is -2.25. The van der Waals surface area contributed by atoms with Crippen molar-refractivity contribution in [1.82, 2.24) is 0 Å². The zero-order valence-corrected chi connectivity index (χ0v) is 23.5. The quantitative estimate of drug-likeness (QED) is 0.150. The van der Waals surface area contributed by atoms with E-state index in [9.17, 15) is 14.7 Å². The van der Waals surface area contributed by atoms with E-state index in [2.05, 4.69) is 0 Å². The number of hydrogen-bond donors (Lipinski definition) is 1. The number of amides is 1. The molecule has 1 fully saturated rings. The Morgan fingerprint density at radius 2 is 1.60 bits per heavy atom. The summed E-state index contributed by atoms with van der Waals surface area (Å²) in [5.41, 5.74) is 3.60. The third kappa shape index (κ3) is 5.05. The SMILES string of the molecule is COc1cc(OC)cc(N2C(=O)C(=O)/C(=C(\O)c3ccc(OCc4ccccc4)c(C)c3)C2c2sccc2C)c1. The Kier molecular flexibility index (Phi) is 7.62. The molecule has 8 heteroatoms. The van der Waals surface area contributed by atoms with E-state index in [1.165, 1.54) is 30.5 Å². The number of aryl methyl sites for hydroxylation is 2. The first-order chi connectivity index (χ1) is 19.3. The van der Waals surface area contributed by atoms with Crippen LogP contribution in [0.1, 0.15) is 33.2 Å². The predicted molar refractivity (Wildman–Crippen MR) is 155 cm³/mol. The maximum absolute atomic E-state index is 13.5. The number of methoxy groups -OCH3 is 2. The van der Waals surface area contributed by atoms with Crippen molar-refractivity contribution >= 4 is 34.5 Å². The molecule has 1 saturated heterocycles. The molecule has 7 nitrogen and oxygen atoms in total. The van der Waals surface area contributed by atoms with Crippen molar-refractivity contribution in [2.75, 3.05) is 19.1 Å². The van der Waals surface area contributed by atoms with Gasteiger partial charge in [0.15, 0.2) is 0 Å². The van der Waals surface area contributed by atoms with Gasteiger partial charge in [-0.3, -0.25) is 14.5 Å². The van der Waals surface area contributed by atoms with Gasteiger partial charge in [0.05, 0.1) is 25.5 Å². The number of ether oxygens (including phenoxy) is 3. The van der Waals surface area contributed by atoms with Crippen molar-refractivity contribution in [2.24, 2.45) is 0 Å². The molecule has 5 rings (SSSR count). The molecule has 1 amide bonds. The normalized spacial score (nSPS) is 16.3. The molecule has 1 unspecified atom stereocenters. The third-order valence-electron chi connectivity index (χ3n) is 6.89. The van der Waals surface area contributed by atoms with Crippen molar-refractivity contribution in [1.29, 1.82) is 0 Å². The first-order valence-electron chi connectivity index (χ1n) is 12.7. The molecule has 1 atom stereocenters. The molecule has 2 heterocycles. The van der Waals surface area contributed by atoms with Gasteiger partial charge in [0.25, 0.3) is 11.7 Å². The minimum atomic E-state index is -0.828. The highest BCUT2D eigenvalue weighted by molar-refractivity contribution is 7.10. The number of thiophene rings is 1. The Morgan fingerprint density at radius 1 is 0.900 bits per heavy atom. The molecule has 1 aromatic heterocycles. The van der Waals surface area contributed by atoms with Gasteiger partial charge in [-0.05, 0) is 60.2 Å². The molecular weight excluding hydrogens is 526 g/mol. The van der Waals surface area contributed by atoms with Crippen LogP contribution in [0.2, 0.25) is 0 Å². The number of aliphatic hydroxyl groups excluding tert-OH is 1. The fourth-order valence-electron chi connectivity index (χ4n) is 4.79. The van der Waals surface area contributed by atoms with Crippen LogP contribution in [0, 0.1) is 13.8 Å². The van der Waals surface area contributed by atoms with E-state index in [-0.39, 0.29) is 11.3 Å². The van der Waals surface area contributed by atoms with Gasteiger partial charge in [-0.2, -0.15) is 0 Å². The van der Waals surface area contributed by atoms with Crippen molar-refractivity contribution in [2.45, 2.75) is 26.5 Å². The highest BCUT2D eigenvalue weighted by Crippen LogP contribution is 2.46. The first kappa shape index (κ1) is 27.0. The molecular formula is C32H29NO6S. The summed E-state index contributed by atoms with van der Waals surface area (Å²) < 4.78 is 16.8. The second-order valence-electron chi connectivity index (χ2n) is 9.46. The predicted octanol–water partition coefficient (Wildman–Crippen LogP) is 6.59. The van der Waals surface area contributed by atoms with Gasteiger partial charge in [0.2, 0.25) is 0 Å². The van der Waals surface area contributed by atoms with E-state index in [4.69, 9.17) is 14.2 Å². The van der Waals surface area contributed by atoms with Crippen molar-refractivity contribution in [3.63, 3.8) is 0 Å². The smallest absolute Gasteiger partial charge is 0.300 e. The Bertz CT molecular complexity index is 1580. The minimum Gasteiger partial charge on any atom is -0.507 e. The van der Waals surface area contributed by atoms with E-state index >= 15 is 0 Å². The average Bonchev–Trinajstić information content (AvgIpc) is 3.51. The largest absolute Gasteiger partial charge is 0.507 e. The van der Waals surface area contributed by atoms with Gasteiger partial charge in [0.1, 0.15) is 35.7 Å². The van der Waals surface area contributed by atoms with Gasteiger partial charge in [-0.1, -0.05) is 30.3 Å². The third-order valence-corrected chi connectivity index (χ3v) is 7.97. The molecule has 204 valence electrons. The molecule has 1 N–H and O–H groups in total. The number of Topliss-reactive ketones (excluding diaryl/α,β-unsaturated/α-hetero) is 1. The minimum absolute atomic E-state index is 0.0229. The lowest BCUT2D eigenvalue weighted by atomic mass is 9.97. The fraction of sp³-hybridized carbons (Fsp3) is 0.188. The van der Waals surface area contributed by atoms with Gasteiger partial charge in [-0.25, -0.2) is 0 Å². The van der Waals surface area contributed by atoms with Crippen LogP contribution in [0.4, 0.5) is 5.69 Å². The maximum Gasteiger partial charge on any atom is 0.300 e. The van der Waals surface area contributed by atoms with Crippen LogP contribution < -0.4 is 19.1 Å². The van der Waals surface area contributed by atoms with Crippen molar-refractivity contribution < 1.29 is 28.9 Å². The number of carbonyl (C=O) groups excluding carboxylic acids is 2. The molecule has 0 radical (unpaired) electrons. The summed E-state index contributed by atoms with van der Waals surface area (Å²) in [6, 6.07) is 21.2. The van der Waals surface area contributed by atoms with Crippen LogP contribution in [0.5, 0.6) is 17.2 Å². The van der Waals surface area contributed by atoms with E-state index < -0.39 is 17.7 Å². The number of aliphatic hydroxyl groups is 1. The summed E-state index contributed by atoms with van der Waals surface area (Å²) in [6.07, 6.45) is 0. The summed E-state index contributed by atoms with van der Waals surface area (Å²) in [6.45, 7) is 4.19. The molecule has 0 bridgehead atoms. The van der Waals surface area contributed by atoms with Crippen LogP contribution >= 0.6 is 11.3 Å². The Labute approximate surface area is 236 Å². The van der Waals surface area contributed by atoms with Crippen molar-refractivity contribution in [3.8, 4) is 17.2 Å². The number of hydrogen-bond acceptors (Lipinski definition) is 7. The summed E-state index contributed by atoms with van der Waals surface area (Å²) in [7, 11) is 3.03. The van der Waals surface area contributed by atoms with Crippen LogP contribution in [0.25, 0.3) is 5.76 Å². The second-order valence-corrected chi connectivity index (χ2v) is 10.4. The highest BCUT2D eigenvalue weighted by Gasteiger charge is 2.48.